The van der Waals surface area contributed by atoms with Gasteiger partial charge >= 0.3 is 0 Å². The molecule has 2 heterocycles. The van der Waals surface area contributed by atoms with E-state index in [1.807, 2.05) is 44.2 Å². The first-order valence-corrected chi connectivity index (χ1v) is 9.52. The van der Waals surface area contributed by atoms with Gasteiger partial charge < -0.3 is 4.74 Å². The average Bonchev–Trinajstić information content (AvgIpc) is 3.00. The number of hydrogen-bond donors (Lipinski definition) is 0. The Kier molecular flexibility index (Phi) is 3.42. The van der Waals surface area contributed by atoms with Crippen molar-refractivity contribution in [2.45, 2.75) is 37.7 Å². The summed E-state index contributed by atoms with van der Waals surface area (Å²) >= 11 is 0. The average molecular weight is 341 g/mol. The van der Waals surface area contributed by atoms with E-state index >= 15 is 0 Å². The van der Waals surface area contributed by atoms with E-state index < -0.39 is 10.0 Å². The van der Waals surface area contributed by atoms with E-state index in [-0.39, 0.29) is 11.0 Å². The Morgan fingerprint density at radius 3 is 2.58 bits per heavy atom. The number of hydrogen-bond acceptors (Lipinski definition) is 3. The van der Waals surface area contributed by atoms with Crippen molar-refractivity contribution in [3.05, 3.63) is 59.8 Å². The van der Waals surface area contributed by atoms with Gasteiger partial charge in [-0.05, 0) is 56.5 Å². The minimum Gasteiger partial charge on any atom is -0.490 e. The number of rotatable bonds is 2. The predicted octanol–water partition coefficient (Wildman–Crippen LogP) is 3.90. The lowest BCUT2D eigenvalue weighted by atomic mass is 10.0. The van der Waals surface area contributed by atoms with Gasteiger partial charge in [0.15, 0.2) is 0 Å². The highest BCUT2D eigenvalue weighted by Crippen LogP contribution is 2.36. The minimum absolute atomic E-state index is 0.153. The van der Waals surface area contributed by atoms with Crippen LogP contribution in [0, 0.1) is 6.92 Å². The minimum atomic E-state index is -3.62. The zero-order valence-corrected chi connectivity index (χ0v) is 14.5. The topological polar surface area (TPSA) is 48.3 Å². The first kappa shape index (κ1) is 15.3. The van der Waals surface area contributed by atoms with Gasteiger partial charge in [0.05, 0.1) is 16.5 Å². The van der Waals surface area contributed by atoms with E-state index in [2.05, 4.69) is 0 Å². The highest BCUT2D eigenvalue weighted by Gasteiger charge is 2.23. The Morgan fingerprint density at radius 1 is 1.08 bits per heavy atom. The van der Waals surface area contributed by atoms with Crippen LogP contribution in [0.15, 0.2) is 53.6 Å². The second kappa shape index (κ2) is 5.38. The maximum atomic E-state index is 13.0. The van der Waals surface area contributed by atoms with E-state index in [0.717, 1.165) is 35.1 Å². The molecule has 0 amide bonds. The Bertz CT molecular complexity index is 1020. The molecule has 124 valence electrons. The summed E-state index contributed by atoms with van der Waals surface area (Å²) in [5.74, 6) is 0.823. The van der Waals surface area contributed by atoms with Crippen LogP contribution in [0.4, 0.5) is 0 Å². The molecule has 0 unspecified atom stereocenters. The zero-order valence-electron chi connectivity index (χ0n) is 13.7. The Labute approximate surface area is 141 Å². The van der Waals surface area contributed by atoms with E-state index in [1.165, 1.54) is 3.97 Å². The lowest BCUT2D eigenvalue weighted by molar-refractivity contribution is 0.195. The van der Waals surface area contributed by atoms with Crippen LogP contribution >= 0.6 is 0 Å². The van der Waals surface area contributed by atoms with Crippen molar-refractivity contribution in [2.75, 3.05) is 0 Å². The van der Waals surface area contributed by atoms with Crippen LogP contribution in [0.1, 0.15) is 24.5 Å². The molecule has 24 heavy (non-hydrogen) atoms. The van der Waals surface area contributed by atoms with Crippen molar-refractivity contribution >= 4 is 20.9 Å². The summed E-state index contributed by atoms with van der Waals surface area (Å²) in [4.78, 5) is 0.289. The summed E-state index contributed by atoms with van der Waals surface area (Å²) in [6.45, 7) is 3.98. The van der Waals surface area contributed by atoms with Crippen LogP contribution in [0.25, 0.3) is 10.9 Å². The highest BCUT2D eigenvalue weighted by molar-refractivity contribution is 7.90. The largest absolute Gasteiger partial charge is 0.490 e. The van der Waals surface area contributed by atoms with E-state index in [0.29, 0.717) is 5.52 Å². The van der Waals surface area contributed by atoms with Crippen LogP contribution in [0.5, 0.6) is 5.75 Å². The second-order valence-electron chi connectivity index (χ2n) is 6.38. The maximum absolute atomic E-state index is 13.0. The molecule has 0 aliphatic carbocycles. The number of benzene rings is 2. The van der Waals surface area contributed by atoms with Gasteiger partial charge in [0, 0.05) is 11.6 Å². The monoisotopic (exact) mass is 341 g/mol. The second-order valence-corrected chi connectivity index (χ2v) is 8.20. The van der Waals surface area contributed by atoms with E-state index in [1.54, 1.807) is 18.3 Å². The molecule has 0 saturated carbocycles. The third-order valence-electron chi connectivity index (χ3n) is 4.59. The molecule has 0 radical (unpaired) electrons. The lowest BCUT2D eigenvalue weighted by Crippen LogP contribution is -2.19. The number of fused-ring (bicyclic) bond motifs is 3. The first-order valence-electron chi connectivity index (χ1n) is 8.08. The fourth-order valence-corrected chi connectivity index (χ4v) is 4.54. The zero-order chi connectivity index (χ0) is 16.9. The van der Waals surface area contributed by atoms with Crippen molar-refractivity contribution in [1.82, 2.24) is 3.97 Å². The Balaban J connectivity index is 1.89. The molecule has 3 aromatic rings. The molecule has 0 saturated heterocycles. The summed E-state index contributed by atoms with van der Waals surface area (Å²) in [6.07, 6.45) is 3.71. The molecular formula is C19H19NO3S. The molecule has 0 bridgehead atoms. The SMILES string of the molecule is Cc1ccc(S(=O)(=O)n2ccc3c4c(ccc32)CC[C@@H](C)O4)cc1. The fourth-order valence-electron chi connectivity index (χ4n) is 3.20. The van der Waals surface area contributed by atoms with Crippen molar-refractivity contribution in [3.8, 4) is 5.75 Å². The van der Waals surface area contributed by atoms with Gasteiger partial charge in [-0.2, -0.15) is 0 Å². The lowest BCUT2D eigenvalue weighted by Gasteiger charge is -2.24. The molecule has 0 fully saturated rings. The van der Waals surface area contributed by atoms with Crippen molar-refractivity contribution in [1.29, 1.82) is 0 Å². The predicted molar refractivity (Wildman–Crippen MR) is 94.1 cm³/mol. The van der Waals surface area contributed by atoms with Gasteiger partial charge in [0.1, 0.15) is 5.75 Å². The molecule has 4 rings (SSSR count). The molecule has 0 N–H and O–H groups in total. The summed E-state index contributed by atoms with van der Waals surface area (Å²) in [7, 11) is -3.62. The molecule has 1 aromatic heterocycles. The summed E-state index contributed by atoms with van der Waals surface area (Å²) in [6, 6.07) is 12.6. The van der Waals surface area contributed by atoms with Crippen LogP contribution in [0.3, 0.4) is 0 Å². The fraction of sp³-hybridized carbons (Fsp3) is 0.263. The smallest absolute Gasteiger partial charge is 0.268 e. The van der Waals surface area contributed by atoms with Crippen molar-refractivity contribution in [3.63, 3.8) is 0 Å². The van der Waals surface area contributed by atoms with Gasteiger partial charge in [0.2, 0.25) is 0 Å². The van der Waals surface area contributed by atoms with Crippen LogP contribution < -0.4 is 4.74 Å². The molecular weight excluding hydrogens is 322 g/mol. The molecule has 1 aliphatic rings. The highest BCUT2D eigenvalue weighted by atomic mass is 32.2. The standard InChI is InChI=1S/C19H19NO3S/c1-13-3-8-16(9-4-13)24(21,22)20-12-11-17-18(20)10-7-15-6-5-14(2)23-19(15)17/h3-4,7-12,14H,5-6H2,1-2H3/t14-/m1/s1. The normalized spacial score (nSPS) is 17.5. The molecule has 5 heteroatoms. The molecule has 1 atom stereocenters. The summed E-state index contributed by atoms with van der Waals surface area (Å²) < 4.78 is 33.3. The number of ether oxygens (including phenoxy) is 1. The first-order chi connectivity index (χ1) is 11.5. The van der Waals surface area contributed by atoms with Crippen molar-refractivity contribution in [2.24, 2.45) is 0 Å². The van der Waals surface area contributed by atoms with Crippen LogP contribution in [-0.4, -0.2) is 18.5 Å². The Hall–Kier alpha value is -2.27. The summed E-state index contributed by atoms with van der Waals surface area (Å²) in [5, 5.41) is 0.856. The van der Waals surface area contributed by atoms with E-state index in [4.69, 9.17) is 4.74 Å². The van der Waals surface area contributed by atoms with Gasteiger partial charge in [-0.15, -0.1) is 0 Å². The van der Waals surface area contributed by atoms with Crippen LogP contribution in [0.2, 0.25) is 0 Å². The molecule has 2 aromatic carbocycles. The van der Waals surface area contributed by atoms with E-state index in [9.17, 15) is 8.42 Å². The summed E-state index contributed by atoms with van der Waals surface area (Å²) in [5.41, 5.74) is 2.83. The quantitative estimate of drug-likeness (QED) is 0.710. The molecule has 0 spiro atoms. The van der Waals surface area contributed by atoms with Crippen LogP contribution in [-0.2, 0) is 16.4 Å². The third kappa shape index (κ3) is 2.31. The maximum Gasteiger partial charge on any atom is 0.268 e. The van der Waals surface area contributed by atoms with Gasteiger partial charge in [-0.1, -0.05) is 23.8 Å². The van der Waals surface area contributed by atoms with Gasteiger partial charge in [-0.25, -0.2) is 12.4 Å². The van der Waals surface area contributed by atoms with Gasteiger partial charge in [0.25, 0.3) is 10.0 Å². The number of aromatic nitrogens is 1. The van der Waals surface area contributed by atoms with Gasteiger partial charge in [-0.3, -0.25) is 0 Å². The van der Waals surface area contributed by atoms with Crippen molar-refractivity contribution < 1.29 is 13.2 Å². The molecule has 1 aliphatic heterocycles. The Morgan fingerprint density at radius 2 is 1.83 bits per heavy atom. The molecule has 4 nitrogen and oxygen atoms in total. The number of aryl methyl sites for hydroxylation is 2. The number of nitrogens with zero attached hydrogens (tertiary/aromatic N) is 1. The third-order valence-corrected chi connectivity index (χ3v) is 6.29.